The highest BCUT2D eigenvalue weighted by atomic mass is 19.1. The molecule has 0 unspecified atom stereocenters. The van der Waals surface area contributed by atoms with Gasteiger partial charge in [-0.1, -0.05) is 12.1 Å². The summed E-state index contributed by atoms with van der Waals surface area (Å²) in [7, 11) is 0. The molecule has 1 aromatic heterocycles. The molecule has 0 N–H and O–H groups in total. The van der Waals surface area contributed by atoms with Crippen molar-refractivity contribution in [2.45, 2.75) is 6.54 Å². The average Bonchev–Trinajstić information content (AvgIpc) is 2.61. The number of pyridine rings is 1. The molecule has 120 valence electrons. The predicted molar refractivity (Wildman–Crippen MR) is 87.6 cm³/mol. The number of rotatable bonds is 4. The molecule has 3 aromatic rings. The van der Waals surface area contributed by atoms with E-state index in [4.69, 9.17) is 0 Å². The number of hydrogen-bond donors (Lipinski definition) is 0. The van der Waals surface area contributed by atoms with Crippen molar-refractivity contribution in [1.29, 1.82) is 0 Å². The van der Waals surface area contributed by atoms with Crippen molar-refractivity contribution < 1.29 is 13.6 Å². The summed E-state index contributed by atoms with van der Waals surface area (Å²) in [5.41, 5.74) is 1.55. The number of anilines is 1. The van der Waals surface area contributed by atoms with Gasteiger partial charge in [-0.05, 0) is 54.1 Å². The first-order chi connectivity index (χ1) is 11.6. The maximum Gasteiger partial charge on any atom is 0.258 e. The predicted octanol–water partition coefficient (Wildman–Crippen LogP) is 4.21. The fourth-order valence-electron chi connectivity index (χ4n) is 2.35. The fraction of sp³-hybridized carbons (Fsp3) is 0.0526. The lowest BCUT2D eigenvalue weighted by atomic mass is 10.1. The molecule has 0 aliphatic rings. The molecule has 0 saturated carbocycles. The van der Waals surface area contributed by atoms with Crippen molar-refractivity contribution in [3.8, 4) is 0 Å². The van der Waals surface area contributed by atoms with E-state index in [0.29, 0.717) is 11.3 Å². The Morgan fingerprint density at radius 1 is 0.958 bits per heavy atom. The Kier molecular flexibility index (Phi) is 4.61. The number of aromatic nitrogens is 1. The summed E-state index contributed by atoms with van der Waals surface area (Å²) in [5.74, 6) is -1.20. The van der Waals surface area contributed by atoms with Gasteiger partial charge in [-0.25, -0.2) is 8.78 Å². The molecule has 24 heavy (non-hydrogen) atoms. The van der Waals surface area contributed by atoms with E-state index in [0.717, 1.165) is 5.56 Å². The maximum absolute atomic E-state index is 13.6. The van der Waals surface area contributed by atoms with E-state index in [-0.39, 0.29) is 12.5 Å². The molecule has 0 spiro atoms. The van der Waals surface area contributed by atoms with Crippen molar-refractivity contribution in [3.63, 3.8) is 0 Å². The largest absolute Gasteiger partial charge is 0.304 e. The Bertz CT molecular complexity index is 836. The van der Waals surface area contributed by atoms with Gasteiger partial charge in [-0.15, -0.1) is 0 Å². The quantitative estimate of drug-likeness (QED) is 0.720. The lowest BCUT2D eigenvalue weighted by Crippen LogP contribution is -2.30. The summed E-state index contributed by atoms with van der Waals surface area (Å²) in [4.78, 5) is 18.3. The number of nitrogens with zero attached hydrogens (tertiary/aromatic N) is 2. The van der Waals surface area contributed by atoms with Gasteiger partial charge >= 0.3 is 0 Å². The molecule has 0 aliphatic carbocycles. The van der Waals surface area contributed by atoms with Crippen LogP contribution >= 0.6 is 0 Å². The second-order valence-electron chi connectivity index (χ2n) is 5.24. The van der Waals surface area contributed by atoms with Gasteiger partial charge in [-0.2, -0.15) is 0 Å². The van der Waals surface area contributed by atoms with Crippen LogP contribution in [0.4, 0.5) is 14.5 Å². The monoisotopic (exact) mass is 324 g/mol. The molecule has 5 heteroatoms. The van der Waals surface area contributed by atoms with Crippen LogP contribution in [0.1, 0.15) is 15.9 Å². The number of carbonyl (C=O) groups excluding carboxylic acids is 1. The van der Waals surface area contributed by atoms with Gasteiger partial charge in [0.05, 0.1) is 6.54 Å². The summed E-state index contributed by atoms with van der Waals surface area (Å²) in [6.45, 7) is 0.230. The van der Waals surface area contributed by atoms with Crippen molar-refractivity contribution in [3.05, 3.63) is 95.8 Å². The minimum Gasteiger partial charge on any atom is -0.304 e. The third-order valence-electron chi connectivity index (χ3n) is 3.52. The molecule has 0 aliphatic heterocycles. The van der Waals surface area contributed by atoms with E-state index in [1.54, 1.807) is 30.6 Å². The Morgan fingerprint density at radius 3 is 2.42 bits per heavy atom. The normalized spacial score (nSPS) is 10.4. The summed E-state index contributed by atoms with van der Waals surface area (Å²) < 4.78 is 26.7. The van der Waals surface area contributed by atoms with Crippen LogP contribution in [0.25, 0.3) is 0 Å². The maximum atomic E-state index is 13.6. The molecule has 3 nitrogen and oxygen atoms in total. The molecule has 1 amide bonds. The van der Waals surface area contributed by atoms with Crippen LogP contribution in [-0.4, -0.2) is 10.9 Å². The van der Waals surface area contributed by atoms with Crippen molar-refractivity contribution in [2.24, 2.45) is 0 Å². The molecule has 2 aromatic carbocycles. The first kappa shape index (κ1) is 15.8. The Morgan fingerprint density at radius 2 is 1.75 bits per heavy atom. The molecule has 0 bridgehead atoms. The van der Waals surface area contributed by atoms with E-state index < -0.39 is 11.6 Å². The molecule has 3 rings (SSSR count). The van der Waals surface area contributed by atoms with Gasteiger partial charge in [0.25, 0.3) is 5.91 Å². The molecular weight excluding hydrogens is 310 g/mol. The van der Waals surface area contributed by atoms with Crippen molar-refractivity contribution in [1.82, 2.24) is 4.98 Å². The zero-order chi connectivity index (χ0) is 16.9. The zero-order valence-electron chi connectivity index (χ0n) is 12.7. The number of benzene rings is 2. The van der Waals surface area contributed by atoms with Crippen LogP contribution in [0.15, 0.2) is 73.1 Å². The van der Waals surface area contributed by atoms with Gasteiger partial charge in [0.15, 0.2) is 0 Å². The Labute approximate surface area is 138 Å². The molecule has 0 radical (unpaired) electrons. The second kappa shape index (κ2) is 7.00. The summed E-state index contributed by atoms with van der Waals surface area (Å²) in [6.07, 6.45) is 3.28. The summed E-state index contributed by atoms with van der Waals surface area (Å²) in [5, 5.41) is 0. The highest BCUT2D eigenvalue weighted by Gasteiger charge is 2.19. The van der Waals surface area contributed by atoms with Crippen LogP contribution in [-0.2, 0) is 6.54 Å². The van der Waals surface area contributed by atoms with Crippen molar-refractivity contribution in [2.75, 3.05) is 4.90 Å². The Hall–Kier alpha value is -3.08. The van der Waals surface area contributed by atoms with Gasteiger partial charge < -0.3 is 4.90 Å². The molecule has 1 heterocycles. The van der Waals surface area contributed by atoms with Crippen LogP contribution in [0.3, 0.4) is 0 Å². The number of halogens is 2. The SMILES string of the molecule is O=C(c1ccc(F)cc1)N(Cc1cccnc1)c1cccc(F)c1. The minimum atomic E-state index is -0.435. The summed E-state index contributed by atoms with van der Waals surface area (Å²) >= 11 is 0. The Balaban J connectivity index is 1.97. The van der Waals surface area contributed by atoms with Gasteiger partial charge in [0.1, 0.15) is 11.6 Å². The van der Waals surface area contributed by atoms with E-state index in [2.05, 4.69) is 4.98 Å². The van der Waals surface area contributed by atoms with E-state index >= 15 is 0 Å². The lowest BCUT2D eigenvalue weighted by molar-refractivity contribution is 0.0985. The van der Waals surface area contributed by atoms with Gasteiger partial charge in [0.2, 0.25) is 0 Å². The first-order valence-electron chi connectivity index (χ1n) is 7.35. The highest BCUT2D eigenvalue weighted by Crippen LogP contribution is 2.21. The van der Waals surface area contributed by atoms with Crippen LogP contribution < -0.4 is 4.90 Å². The van der Waals surface area contributed by atoms with E-state index in [9.17, 15) is 13.6 Å². The topological polar surface area (TPSA) is 33.2 Å². The average molecular weight is 324 g/mol. The highest BCUT2D eigenvalue weighted by molar-refractivity contribution is 6.06. The molecule has 0 saturated heterocycles. The van der Waals surface area contributed by atoms with E-state index in [1.807, 2.05) is 6.07 Å². The standard InChI is InChI=1S/C19H14F2N2O/c20-16-8-6-15(7-9-16)19(24)23(13-14-3-2-10-22-12-14)18-5-1-4-17(21)11-18/h1-12H,13H2. The first-order valence-corrected chi connectivity index (χ1v) is 7.35. The second-order valence-corrected chi connectivity index (χ2v) is 5.24. The number of amides is 1. The molecular formula is C19H14F2N2O. The third kappa shape index (κ3) is 3.63. The number of carbonyl (C=O) groups is 1. The van der Waals surface area contributed by atoms with Crippen LogP contribution in [0.2, 0.25) is 0 Å². The lowest BCUT2D eigenvalue weighted by Gasteiger charge is -2.23. The molecule has 0 fully saturated rings. The summed E-state index contributed by atoms with van der Waals surface area (Å²) in [6, 6.07) is 14.7. The van der Waals surface area contributed by atoms with Crippen molar-refractivity contribution >= 4 is 11.6 Å². The molecule has 0 atom stereocenters. The van der Waals surface area contributed by atoms with Crippen LogP contribution in [0, 0.1) is 11.6 Å². The fourth-order valence-corrected chi connectivity index (χ4v) is 2.35. The minimum absolute atomic E-state index is 0.230. The van der Waals surface area contributed by atoms with Crippen LogP contribution in [0.5, 0.6) is 0 Å². The third-order valence-corrected chi connectivity index (χ3v) is 3.52. The number of hydrogen-bond acceptors (Lipinski definition) is 2. The van der Waals surface area contributed by atoms with Gasteiger partial charge in [0, 0.05) is 23.6 Å². The van der Waals surface area contributed by atoms with Gasteiger partial charge in [-0.3, -0.25) is 9.78 Å². The zero-order valence-corrected chi connectivity index (χ0v) is 12.7. The smallest absolute Gasteiger partial charge is 0.258 e. The van der Waals surface area contributed by atoms with E-state index in [1.165, 1.54) is 41.3 Å².